The Morgan fingerprint density at radius 2 is 1.73 bits per heavy atom. The maximum absolute atomic E-state index is 5.76. The van der Waals surface area contributed by atoms with Gasteiger partial charge >= 0.3 is 0 Å². The molecule has 1 nitrogen and oxygen atoms in total. The highest BCUT2D eigenvalue weighted by Crippen LogP contribution is 2.29. The fourth-order valence-corrected chi connectivity index (χ4v) is 2.24. The van der Waals surface area contributed by atoms with Crippen LogP contribution < -0.4 is 4.84 Å². The van der Waals surface area contributed by atoms with Crippen LogP contribution in [-0.2, 0) is 0 Å². The minimum Gasteiger partial charge on any atom is -0.227 e. The highest BCUT2D eigenvalue weighted by Gasteiger charge is 2.27. The maximum atomic E-state index is 5.76. The third kappa shape index (κ3) is 2.34. The van der Waals surface area contributed by atoms with Gasteiger partial charge in [-0.3, -0.25) is 0 Å². The van der Waals surface area contributed by atoms with Gasteiger partial charge in [0.25, 0.3) is 0 Å². The molecule has 0 aromatic carbocycles. The van der Waals surface area contributed by atoms with Crippen LogP contribution in [0.15, 0.2) is 0 Å². The zero-order chi connectivity index (χ0) is 8.16. The first-order valence-electron chi connectivity index (χ1n) is 4.71. The molecule has 1 rings (SSSR count). The third-order valence-corrected chi connectivity index (χ3v) is 3.34. The molecule has 0 unspecified atom stereocenters. The van der Waals surface area contributed by atoms with Gasteiger partial charge in [-0.05, 0) is 31.0 Å². The fourth-order valence-electron chi connectivity index (χ4n) is 1.92. The maximum Gasteiger partial charge on any atom is 0.0329 e. The molecule has 1 aliphatic rings. The van der Waals surface area contributed by atoms with Gasteiger partial charge in [0.05, 0.1) is 0 Å². The monoisotopic (exact) mass is 175 g/mol. The summed E-state index contributed by atoms with van der Waals surface area (Å²) in [6.07, 6.45) is 9.14. The van der Waals surface area contributed by atoms with Crippen LogP contribution in [0.2, 0.25) is 0 Å². The summed E-state index contributed by atoms with van der Waals surface area (Å²) < 4.78 is 0. The van der Waals surface area contributed by atoms with Crippen LogP contribution in [-0.4, -0.2) is 5.54 Å². The molecule has 1 fully saturated rings. The van der Waals surface area contributed by atoms with Crippen molar-refractivity contribution in [2.24, 2.45) is 0 Å². The van der Waals surface area contributed by atoms with Crippen LogP contribution in [0.5, 0.6) is 0 Å². The first kappa shape index (κ1) is 9.34. The number of rotatable bonds is 2. The van der Waals surface area contributed by atoms with Gasteiger partial charge in [0.2, 0.25) is 0 Å². The van der Waals surface area contributed by atoms with Gasteiger partial charge in [-0.2, -0.15) is 0 Å². The number of nitrogens with one attached hydrogen (secondary N) is 1. The molecule has 0 atom stereocenters. The molecular formula is C9H18ClN. The van der Waals surface area contributed by atoms with E-state index in [-0.39, 0.29) is 5.54 Å². The Bertz CT molecular complexity index is 100. The zero-order valence-corrected chi connectivity index (χ0v) is 8.08. The van der Waals surface area contributed by atoms with Crippen LogP contribution >= 0.6 is 11.8 Å². The van der Waals surface area contributed by atoms with Gasteiger partial charge in [-0.1, -0.05) is 32.6 Å². The molecular weight excluding hydrogens is 158 g/mol. The Morgan fingerprint density at radius 3 is 2.09 bits per heavy atom. The molecule has 2 heteroatoms. The summed E-state index contributed by atoms with van der Waals surface area (Å²) in [5.74, 6) is 0. The molecule has 0 amide bonds. The van der Waals surface area contributed by atoms with Crippen LogP contribution in [0.1, 0.15) is 51.9 Å². The van der Waals surface area contributed by atoms with Crippen molar-refractivity contribution in [3.05, 3.63) is 0 Å². The lowest BCUT2D eigenvalue weighted by molar-refractivity contribution is 0.328. The van der Waals surface area contributed by atoms with E-state index < -0.39 is 0 Å². The Morgan fingerprint density at radius 1 is 1.18 bits per heavy atom. The SMILES string of the molecule is CCC1(NCl)CCCCCC1. The largest absolute Gasteiger partial charge is 0.227 e. The molecule has 0 bridgehead atoms. The summed E-state index contributed by atoms with van der Waals surface area (Å²) in [6, 6.07) is 0. The van der Waals surface area contributed by atoms with Gasteiger partial charge in [0.1, 0.15) is 0 Å². The van der Waals surface area contributed by atoms with E-state index in [1.54, 1.807) is 0 Å². The molecule has 0 aromatic heterocycles. The van der Waals surface area contributed by atoms with Crippen molar-refractivity contribution in [3.8, 4) is 0 Å². The summed E-state index contributed by atoms with van der Waals surface area (Å²) in [6.45, 7) is 2.22. The minimum atomic E-state index is 0.262. The van der Waals surface area contributed by atoms with Crippen molar-refractivity contribution in [2.45, 2.75) is 57.4 Å². The Balaban J connectivity index is 2.49. The molecule has 1 N–H and O–H groups in total. The highest BCUT2D eigenvalue weighted by atomic mass is 35.5. The van der Waals surface area contributed by atoms with E-state index in [0.717, 1.165) is 6.42 Å². The zero-order valence-electron chi connectivity index (χ0n) is 7.33. The predicted octanol–water partition coefficient (Wildman–Crippen LogP) is 3.23. The molecule has 0 radical (unpaired) electrons. The van der Waals surface area contributed by atoms with Gasteiger partial charge in [-0.15, -0.1) is 0 Å². The molecule has 0 saturated heterocycles. The van der Waals surface area contributed by atoms with Crippen LogP contribution in [0.4, 0.5) is 0 Å². The van der Waals surface area contributed by atoms with Crippen molar-refractivity contribution < 1.29 is 0 Å². The average Bonchev–Trinajstić information content (AvgIpc) is 2.30. The summed E-state index contributed by atoms with van der Waals surface area (Å²) in [5, 5.41) is 0. The quantitative estimate of drug-likeness (QED) is 0.502. The number of hydrogen-bond acceptors (Lipinski definition) is 1. The summed E-state index contributed by atoms with van der Waals surface area (Å²) >= 11 is 5.76. The van der Waals surface area contributed by atoms with E-state index in [0.29, 0.717) is 0 Å². The van der Waals surface area contributed by atoms with E-state index in [1.165, 1.54) is 38.5 Å². The lowest BCUT2D eigenvalue weighted by Crippen LogP contribution is -2.38. The smallest absolute Gasteiger partial charge is 0.0329 e. The van der Waals surface area contributed by atoms with E-state index in [2.05, 4.69) is 11.8 Å². The number of hydrogen-bond donors (Lipinski definition) is 1. The fraction of sp³-hybridized carbons (Fsp3) is 1.00. The van der Waals surface area contributed by atoms with Crippen LogP contribution in [0, 0.1) is 0 Å². The third-order valence-electron chi connectivity index (χ3n) is 2.94. The molecule has 1 saturated carbocycles. The van der Waals surface area contributed by atoms with E-state index >= 15 is 0 Å². The summed E-state index contributed by atoms with van der Waals surface area (Å²) in [4.78, 5) is 2.98. The van der Waals surface area contributed by atoms with Crippen molar-refractivity contribution in [2.75, 3.05) is 0 Å². The molecule has 1 aliphatic carbocycles. The number of halogens is 1. The summed E-state index contributed by atoms with van der Waals surface area (Å²) in [7, 11) is 0. The predicted molar refractivity (Wildman–Crippen MR) is 49.7 cm³/mol. The second-order valence-corrected chi connectivity index (χ2v) is 3.83. The first-order valence-corrected chi connectivity index (χ1v) is 5.08. The molecule has 66 valence electrons. The standard InChI is InChI=1S/C9H18ClN/c1-2-9(11-10)7-5-3-4-6-8-9/h11H,2-8H2,1H3. The van der Waals surface area contributed by atoms with Crippen molar-refractivity contribution in [3.63, 3.8) is 0 Å². The summed E-state index contributed by atoms with van der Waals surface area (Å²) in [5.41, 5.74) is 0.262. The van der Waals surface area contributed by atoms with E-state index in [1.807, 2.05) is 0 Å². The Kier molecular flexibility index (Phi) is 3.67. The van der Waals surface area contributed by atoms with Crippen molar-refractivity contribution in [1.82, 2.24) is 4.84 Å². The van der Waals surface area contributed by atoms with Crippen molar-refractivity contribution >= 4 is 11.8 Å². The van der Waals surface area contributed by atoms with Gasteiger partial charge in [-0.25, -0.2) is 4.84 Å². The Labute approximate surface area is 74.6 Å². The van der Waals surface area contributed by atoms with Crippen molar-refractivity contribution in [1.29, 1.82) is 0 Å². The van der Waals surface area contributed by atoms with E-state index in [9.17, 15) is 0 Å². The van der Waals surface area contributed by atoms with Gasteiger partial charge in [0.15, 0.2) is 0 Å². The van der Waals surface area contributed by atoms with Gasteiger partial charge in [0, 0.05) is 5.54 Å². The second-order valence-electron chi connectivity index (χ2n) is 3.64. The highest BCUT2D eigenvalue weighted by molar-refractivity contribution is 6.13. The Hall–Kier alpha value is 0.250. The molecule has 0 spiro atoms. The molecule has 11 heavy (non-hydrogen) atoms. The van der Waals surface area contributed by atoms with Crippen LogP contribution in [0.25, 0.3) is 0 Å². The lowest BCUT2D eigenvalue weighted by Gasteiger charge is -2.29. The van der Waals surface area contributed by atoms with Gasteiger partial charge < -0.3 is 0 Å². The minimum absolute atomic E-state index is 0.262. The molecule has 0 heterocycles. The second kappa shape index (κ2) is 4.32. The van der Waals surface area contributed by atoms with E-state index in [4.69, 9.17) is 11.8 Å². The first-order chi connectivity index (χ1) is 5.33. The molecule has 0 aliphatic heterocycles. The van der Waals surface area contributed by atoms with Crippen LogP contribution in [0.3, 0.4) is 0 Å². The molecule has 0 aromatic rings. The average molecular weight is 176 g/mol. The lowest BCUT2D eigenvalue weighted by atomic mass is 9.89. The normalized spacial score (nSPS) is 24.5. The topological polar surface area (TPSA) is 12.0 Å².